The Hall–Kier alpha value is -2.64. The molecule has 1 aromatic heterocycles. The van der Waals surface area contributed by atoms with E-state index in [0.717, 1.165) is 30.4 Å². The number of aromatic nitrogens is 4. The highest BCUT2D eigenvalue weighted by Gasteiger charge is 2.34. The summed E-state index contributed by atoms with van der Waals surface area (Å²) < 4.78 is 7.28. The number of carbonyl (C=O) groups is 1. The van der Waals surface area contributed by atoms with Gasteiger partial charge in [-0.05, 0) is 16.5 Å². The van der Waals surface area contributed by atoms with E-state index in [-0.39, 0.29) is 11.8 Å². The Kier molecular flexibility index (Phi) is 3.36. The summed E-state index contributed by atoms with van der Waals surface area (Å²) in [7, 11) is 1.82. The summed E-state index contributed by atoms with van der Waals surface area (Å²) in [5.41, 5.74) is 0.998. The maximum Gasteiger partial charge on any atom is 0.245 e. The van der Waals surface area contributed by atoms with Crippen molar-refractivity contribution in [2.75, 3.05) is 37.7 Å². The van der Waals surface area contributed by atoms with Gasteiger partial charge in [-0.1, -0.05) is 23.3 Å². The molecule has 3 heterocycles. The van der Waals surface area contributed by atoms with E-state index < -0.39 is 0 Å². The maximum atomic E-state index is 12.8. The molecule has 4 rings (SSSR count). The van der Waals surface area contributed by atoms with Crippen molar-refractivity contribution in [3.05, 3.63) is 29.8 Å². The zero-order chi connectivity index (χ0) is 15.8. The van der Waals surface area contributed by atoms with Crippen LogP contribution in [0.2, 0.25) is 0 Å². The smallest absolute Gasteiger partial charge is 0.245 e. The lowest BCUT2D eigenvalue weighted by Gasteiger charge is -2.35. The van der Waals surface area contributed by atoms with Crippen LogP contribution in [0, 0.1) is 0 Å². The third kappa shape index (κ3) is 2.39. The standard InChI is InChI=1S/C15H18N6O2/c1-19-15(16-17-18-19)21-8-6-20(7-9-21)14(22)12-10-23-13-5-3-2-4-11(12)13/h2-5,12H,6-10H2,1H3. The Morgan fingerprint density at radius 3 is 2.74 bits per heavy atom. The van der Waals surface area contributed by atoms with Gasteiger partial charge >= 0.3 is 0 Å². The molecule has 1 aromatic carbocycles. The third-order valence-corrected chi connectivity index (χ3v) is 4.47. The molecule has 2 aliphatic rings. The molecule has 1 amide bonds. The monoisotopic (exact) mass is 314 g/mol. The largest absolute Gasteiger partial charge is 0.492 e. The van der Waals surface area contributed by atoms with E-state index in [1.807, 2.05) is 36.2 Å². The number of hydrogen-bond acceptors (Lipinski definition) is 6. The third-order valence-electron chi connectivity index (χ3n) is 4.47. The van der Waals surface area contributed by atoms with Crippen LogP contribution in [-0.4, -0.2) is 63.8 Å². The van der Waals surface area contributed by atoms with Crippen LogP contribution < -0.4 is 9.64 Å². The number of amides is 1. The van der Waals surface area contributed by atoms with Crippen molar-refractivity contribution >= 4 is 11.9 Å². The molecule has 0 spiro atoms. The minimum absolute atomic E-state index is 0.144. The Bertz CT molecular complexity index is 722. The Labute approximate surface area is 133 Å². The number of carbonyl (C=O) groups excluding carboxylic acids is 1. The van der Waals surface area contributed by atoms with E-state index in [1.165, 1.54) is 0 Å². The van der Waals surface area contributed by atoms with Crippen LogP contribution in [0.25, 0.3) is 0 Å². The molecule has 1 fully saturated rings. The zero-order valence-electron chi connectivity index (χ0n) is 12.9. The molecule has 8 nitrogen and oxygen atoms in total. The fourth-order valence-corrected chi connectivity index (χ4v) is 3.21. The number of tetrazole rings is 1. The minimum Gasteiger partial charge on any atom is -0.492 e. The number of fused-ring (bicyclic) bond motifs is 1. The first-order valence-corrected chi connectivity index (χ1v) is 7.72. The minimum atomic E-state index is -0.186. The first-order chi connectivity index (χ1) is 11.2. The summed E-state index contributed by atoms with van der Waals surface area (Å²) >= 11 is 0. The highest BCUT2D eigenvalue weighted by Crippen LogP contribution is 2.34. The molecule has 2 aliphatic heterocycles. The van der Waals surface area contributed by atoms with Gasteiger partial charge in [-0.15, -0.1) is 0 Å². The van der Waals surface area contributed by atoms with Gasteiger partial charge in [0.2, 0.25) is 11.9 Å². The summed E-state index contributed by atoms with van der Waals surface area (Å²) in [5.74, 6) is 1.53. The fraction of sp³-hybridized carbons (Fsp3) is 0.467. The summed E-state index contributed by atoms with van der Waals surface area (Å²) in [6.07, 6.45) is 0. The number of para-hydroxylation sites is 1. The van der Waals surface area contributed by atoms with E-state index in [2.05, 4.69) is 20.4 Å². The van der Waals surface area contributed by atoms with Crippen LogP contribution in [0.15, 0.2) is 24.3 Å². The zero-order valence-corrected chi connectivity index (χ0v) is 12.9. The second-order valence-corrected chi connectivity index (χ2v) is 5.82. The Morgan fingerprint density at radius 1 is 1.22 bits per heavy atom. The molecular formula is C15H18N6O2. The lowest BCUT2D eigenvalue weighted by molar-refractivity contribution is -0.133. The van der Waals surface area contributed by atoms with Crippen LogP contribution in [0.1, 0.15) is 11.5 Å². The normalized spacial score (nSPS) is 20.3. The van der Waals surface area contributed by atoms with E-state index >= 15 is 0 Å². The molecule has 1 unspecified atom stereocenters. The van der Waals surface area contributed by atoms with Crippen molar-refractivity contribution in [1.29, 1.82) is 0 Å². The lowest BCUT2D eigenvalue weighted by atomic mass is 9.99. The topological polar surface area (TPSA) is 76.4 Å². The number of ether oxygens (including phenoxy) is 1. The van der Waals surface area contributed by atoms with Gasteiger partial charge in [0.15, 0.2) is 0 Å². The maximum absolute atomic E-state index is 12.8. The Balaban J connectivity index is 1.43. The second-order valence-electron chi connectivity index (χ2n) is 5.82. The molecule has 0 aliphatic carbocycles. The van der Waals surface area contributed by atoms with Crippen molar-refractivity contribution in [2.45, 2.75) is 5.92 Å². The summed E-state index contributed by atoms with van der Waals surface area (Å²) in [4.78, 5) is 16.8. The van der Waals surface area contributed by atoms with Crippen molar-refractivity contribution < 1.29 is 9.53 Å². The van der Waals surface area contributed by atoms with Gasteiger partial charge in [0.1, 0.15) is 18.3 Å². The van der Waals surface area contributed by atoms with Crippen molar-refractivity contribution in [3.8, 4) is 5.75 Å². The average Bonchev–Trinajstić information content (AvgIpc) is 3.20. The van der Waals surface area contributed by atoms with Gasteiger partial charge in [0.25, 0.3) is 0 Å². The number of piperazine rings is 1. The van der Waals surface area contributed by atoms with Crippen molar-refractivity contribution in [3.63, 3.8) is 0 Å². The SMILES string of the molecule is Cn1nnnc1N1CCN(C(=O)C2COc3ccccc32)CC1. The first kappa shape index (κ1) is 14.0. The second kappa shape index (κ2) is 5.53. The van der Waals surface area contributed by atoms with Crippen molar-refractivity contribution in [2.24, 2.45) is 7.05 Å². The molecule has 0 saturated carbocycles. The number of nitrogens with zero attached hydrogens (tertiary/aromatic N) is 6. The van der Waals surface area contributed by atoms with E-state index in [0.29, 0.717) is 19.7 Å². The van der Waals surface area contributed by atoms with Crippen LogP contribution in [0.5, 0.6) is 5.75 Å². The summed E-state index contributed by atoms with van der Waals surface area (Å²) in [6, 6.07) is 7.78. The number of anilines is 1. The highest BCUT2D eigenvalue weighted by atomic mass is 16.5. The van der Waals surface area contributed by atoms with Crippen LogP contribution in [0.3, 0.4) is 0 Å². The first-order valence-electron chi connectivity index (χ1n) is 7.72. The van der Waals surface area contributed by atoms with Gasteiger partial charge in [-0.25, -0.2) is 4.68 Å². The molecule has 1 atom stereocenters. The summed E-state index contributed by atoms with van der Waals surface area (Å²) in [5, 5.41) is 11.5. The van der Waals surface area contributed by atoms with Gasteiger partial charge in [0, 0.05) is 38.8 Å². The molecule has 1 saturated heterocycles. The predicted molar refractivity (Wildman–Crippen MR) is 82.3 cm³/mol. The molecule has 120 valence electrons. The molecular weight excluding hydrogens is 296 g/mol. The van der Waals surface area contributed by atoms with E-state index in [9.17, 15) is 4.79 Å². The predicted octanol–water partition coefficient (Wildman–Crippen LogP) is 0.0349. The molecule has 8 heteroatoms. The molecule has 2 aromatic rings. The van der Waals surface area contributed by atoms with Gasteiger partial charge < -0.3 is 14.5 Å². The molecule has 0 N–H and O–H groups in total. The van der Waals surface area contributed by atoms with Crippen LogP contribution in [0.4, 0.5) is 5.95 Å². The van der Waals surface area contributed by atoms with Gasteiger partial charge in [-0.2, -0.15) is 0 Å². The fourth-order valence-electron chi connectivity index (χ4n) is 3.21. The molecule has 23 heavy (non-hydrogen) atoms. The lowest BCUT2D eigenvalue weighted by Crippen LogP contribution is -2.50. The van der Waals surface area contributed by atoms with Gasteiger partial charge in [0.05, 0.1) is 0 Å². The van der Waals surface area contributed by atoms with Crippen molar-refractivity contribution in [1.82, 2.24) is 25.1 Å². The number of benzene rings is 1. The molecule has 0 bridgehead atoms. The average molecular weight is 314 g/mol. The number of rotatable bonds is 2. The summed E-state index contributed by atoms with van der Waals surface area (Å²) in [6.45, 7) is 3.24. The van der Waals surface area contributed by atoms with E-state index in [1.54, 1.807) is 4.68 Å². The number of hydrogen-bond donors (Lipinski definition) is 0. The van der Waals surface area contributed by atoms with E-state index in [4.69, 9.17) is 4.74 Å². The quantitative estimate of drug-likeness (QED) is 0.779. The van der Waals surface area contributed by atoms with Crippen LogP contribution in [-0.2, 0) is 11.8 Å². The Morgan fingerprint density at radius 2 is 2.00 bits per heavy atom. The van der Waals surface area contributed by atoms with Crippen LogP contribution >= 0.6 is 0 Å². The van der Waals surface area contributed by atoms with Gasteiger partial charge in [-0.3, -0.25) is 4.79 Å². The number of aryl methyl sites for hydroxylation is 1. The highest BCUT2D eigenvalue weighted by molar-refractivity contribution is 5.85. The molecule has 0 radical (unpaired) electrons.